The summed E-state index contributed by atoms with van der Waals surface area (Å²) in [4.78, 5) is 2.43. The van der Waals surface area contributed by atoms with Gasteiger partial charge in [-0.2, -0.15) is 0 Å². The lowest BCUT2D eigenvalue weighted by molar-refractivity contribution is 0.253. The third-order valence-corrected chi connectivity index (χ3v) is 5.34. The van der Waals surface area contributed by atoms with Gasteiger partial charge in [0.25, 0.3) is 0 Å². The van der Waals surface area contributed by atoms with Crippen LogP contribution in [0, 0.1) is 0 Å². The monoisotopic (exact) mass is 401 g/mol. The normalized spacial score (nSPS) is 19.4. The zero-order valence-corrected chi connectivity index (χ0v) is 17.0. The van der Waals surface area contributed by atoms with Gasteiger partial charge in [0.2, 0.25) is 0 Å². The number of allylic oxidation sites excluding steroid dienone is 4. The Hall–Kier alpha value is -0.380. The van der Waals surface area contributed by atoms with E-state index in [9.17, 15) is 0 Å². The molecule has 1 atom stereocenters. The van der Waals surface area contributed by atoms with Crippen LogP contribution in [0.4, 0.5) is 0 Å². The molecule has 0 saturated heterocycles. The van der Waals surface area contributed by atoms with Gasteiger partial charge >= 0.3 is 0 Å². The van der Waals surface area contributed by atoms with Crippen LogP contribution in [-0.2, 0) is 6.54 Å². The predicted molar refractivity (Wildman–Crippen MR) is 110 cm³/mol. The van der Waals surface area contributed by atoms with E-state index in [1.807, 2.05) is 23.6 Å². The Bertz CT molecular complexity index is 652. The molecule has 0 fully saturated rings. The van der Waals surface area contributed by atoms with E-state index in [1.54, 1.807) is 0 Å². The molecule has 1 aliphatic heterocycles. The largest absolute Gasteiger partial charge is 0.298 e. The highest BCUT2D eigenvalue weighted by molar-refractivity contribution is 8.23. The lowest BCUT2D eigenvalue weighted by Crippen LogP contribution is -2.34. The lowest BCUT2D eigenvalue weighted by Gasteiger charge is -2.35. The van der Waals surface area contributed by atoms with Crippen molar-refractivity contribution in [1.82, 2.24) is 4.90 Å². The van der Waals surface area contributed by atoms with E-state index < -0.39 is 0 Å². The predicted octanol–water partition coefficient (Wildman–Crippen LogP) is 7.21. The van der Waals surface area contributed by atoms with E-state index in [0.717, 1.165) is 31.1 Å². The fourth-order valence-corrected chi connectivity index (χ4v) is 3.97. The first-order valence-corrected chi connectivity index (χ1v) is 10.6. The molecular weight excluding hydrogens is 381 g/mol. The van der Waals surface area contributed by atoms with Crippen molar-refractivity contribution in [3.63, 3.8) is 0 Å². The zero-order valence-electron chi connectivity index (χ0n) is 13.9. The summed E-state index contributed by atoms with van der Waals surface area (Å²) in [6, 6.07) is 3.92. The molecule has 1 aromatic carbocycles. The van der Waals surface area contributed by atoms with E-state index in [0.29, 0.717) is 5.02 Å². The van der Waals surface area contributed by atoms with Gasteiger partial charge < -0.3 is 0 Å². The van der Waals surface area contributed by atoms with Crippen molar-refractivity contribution in [1.29, 1.82) is 0 Å². The maximum absolute atomic E-state index is 6.49. The Kier molecular flexibility index (Phi) is 8.25. The summed E-state index contributed by atoms with van der Waals surface area (Å²) in [5.41, 5.74) is 3.73. The fraction of sp³-hybridized carbons (Fsp3) is 0.368. The molecule has 1 nitrogen and oxygen atoms in total. The van der Waals surface area contributed by atoms with Gasteiger partial charge in [0, 0.05) is 29.1 Å². The molecule has 1 aliphatic rings. The Morgan fingerprint density at radius 1 is 1.29 bits per heavy atom. The molecule has 0 aliphatic carbocycles. The maximum atomic E-state index is 6.49. The van der Waals surface area contributed by atoms with Crippen molar-refractivity contribution in [3.8, 4) is 0 Å². The van der Waals surface area contributed by atoms with Crippen molar-refractivity contribution < 1.29 is 0 Å². The molecule has 1 aromatic rings. The Morgan fingerprint density at radius 3 is 2.75 bits per heavy atom. The molecule has 0 radical (unpaired) electrons. The van der Waals surface area contributed by atoms with Crippen molar-refractivity contribution in [2.75, 3.05) is 13.1 Å². The van der Waals surface area contributed by atoms with Crippen LogP contribution >= 0.6 is 44.9 Å². The highest BCUT2D eigenvalue weighted by Crippen LogP contribution is 2.39. The summed E-state index contributed by atoms with van der Waals surface area (Å²) < 4.78 is 0. The van der Waals surface area contributed by atoms with Crippen LogP contribution in [0.3, 0.4) is 0 Å². The van der Waals surface area contributed by atoms with Gasteiger partial charge in [-0.05, 0) is 68.9 Å². The number of hydrogen-bond donors (Lipinski definition) is 0. The number of hydrogen-bond acceptors (Lipinski definition) is 2. The van der Waals surface area contributed by atoms with Crippen LogP contribution in [0.2, 0.25) is 10.0 Å². The first-order valence-electron chi connectivity index (χ1n) is 8.11. The fourth-order valence-electron chi connectivity index (χ4n) is 3.08. The maximum Gasteiger partial charge on any atom is 0.0468 e. The van der Waals surface area contributed by atoms with Crippen LogP contribution < -0.4 is 0 Å². The number of benzene rings is 1. The van der Waals surface area contributed by atoms with Crippen molar-refractivity contribution in [2.24, 2.45) is 0 Å². The zero-order chi connectivity index (χ0) is 17.5. The molecule has 0 saturated carbocycles. The molecule has 0 spiro atoms. The minimum absolute atomic E-state index is 0.276. The SMILES string of the molecule is CC\C=C(/C=C\C=C\SCl)C1CN(CC)Cc2c(Cl)cc(Cl)cc21. The van der Waals surface area contributed by atoms with E-state index >= 15 is 0 Å². The average Bonchev–Trinajstić information content (AvgIpc) is 2.57. The molecule has 2 rings (SSSR count). The van der Waals surface area contributed by atoms with Gasteiger partial charge in [0.15, 0.2) is 0 Å². The minimum Gasteiger partial charge on any atom is -0.298 e. The number of likely N-dealkylation sites (N-methyl/N-ethyl adjacent to an activating group) is 1. The molecule has 0 bridgehead atoms. The van der Waals surface area contributed by atoms with Crippen LogP contribution in [0.25, 0.3) is 0 Å². The average molecular weight is 403 g/mol. The second kappa shape index (κ2) is 9.94. The molecule has 0 N–H and O–H groups in total. The highest BCUT2D eigenvalue weighted by Gasteiger charge is 2.28. The first kappa shape index (κ1) is 19.9. The Balaban J connectivity index is 2.45. The number of nitrogens with zero attached hydrogens (tertiary/aromatic N) is 1. The van der Waals surface area contributed by atoms with E-state index in [2.05, 4.69) is 37.0 Å². The van der Waals surface area contributed by atoms with Crippen LogP contribution in [0.15, 0.2) is 47.4 Å². The number of fused-ring (bicyclic) bond motifs is 1. The smallest absolute Gasteiger partial charge is 0.0468 e. The lowest BCUT2D eigenvalue weighted by atomic mass is 9.83. The molecule has 0 aromatic heterocycles. The summed E-state index contributed by atoms with van der Waals surface area (Å²) in [6.07, 6.45) is 9.41. The summed E-state index contributed by atoms with van der Waals surface area (Å²) in [5, 5.41) is 3.31. The highest BCUT2D eigenvalue weighted by atomic mass is 35.7. The molecule has 24 heavy (non-hydrogen) atoms. The van der Waals surface area contributed by atoms with Crippen LogP contribution in [0.1, 0.15) is 37.3 Å². The quantitative estimate of drug-likeness (QED) is 0.462. The second-order valence-corrected chi connectivity index (χ2v) is 7.55. The third kappa shape index (κ3) is 5.06. The second-order valence-electron chi connectivity index (χ2n) is 5.72. The molecule has 1 unspecified atom stereocenters. The summed E-state index contributed by atoms with van der Waals surface area (Å²) >= 11 is 12.8. The number of rotatable bonds is 6. The van der Waals surface area contributed by atoms with Gasteiger partial charge in [-0.15, -0.1) is 0 Å². The van der Waals surface area contributed by atoms with Crippen LogP contribution in [0.5, 0.6) is 0 Å². The van der Waals surface area contributed by atoms with Gasteiger partial charge in [0.1, 0.15) is 0 Å². The van der Waals surface area contributed by atoms with Gasteiger partial charge in [-0.1, -0.05) is 61.4 Å². The van der Waals surface area contributed by atoms with E-state index in [4.69, 9.17) is 33.9 Å². The summed E-state index contributed by atoms with van der Waals surface area (Å²) in [5.74, 6) is 0.276. The molecule has 5 heteroatoms. The summed E-state index contributed by atoms with van der Waals surface area (Å²) in [7, 11) is 6.79. The van der Waals surface area contributed by atoms with Crippen molar-refractivity contribution in [2.45, 2.75) is 32.7 Å². The molecule has 130 valence electrons. The van der Waals surface area contributed by atoms with E-state index in [-0.39, 0.29) is 5.92 Å². The standard InChI is InChI=1S/C19H22Cl3NS/c1-3-7-14(8-5-6-9-24-22)17-12-23(4-2)13-18-16(17)10-15(20)11-19(18)21/h5-11,17H,3-4,12-13H2,1-2H3/b8-5-,9-6+,14-7+. The third-order valence-electron chi connectivity index (χ3n) is 4.21. The van der Waals surface area contributed by atoms with Crippen molar-refractivity contribution >= 4 is 44.9 Å². The van der Waals surface area contributed by atoms with Gasteiger partial charge in [-0.25, -0.2) is 0 Å². The van der Waals surface area contributed by atoms with Crippen molar-refractivity contribution in [3.05, 3.63) is 68.6 Å². The van der Waals surface area contributed by atoms with Crippen LogP contribution in [-0.4, -0.2) is 18.0 Å². The number of halogens is 3. The van der Waals surface area contributed by atoms with E-state index in [1.165, 1.54) is 27.7 Å². The molecular formula is C19H22Cl3NS. The molecule has 1 heterocycles. The molecule has 0 amide bonds. The van der Waals surface area contributed by atoms with Gasteiger partial charge in [-0.3, -0.25) is 4.90 Å². The Morgan fingerprint density at radius 2 is 2.08 bits per heavy atom. The minimum atomic E-state index is 0.276. The summed E-state index contributed by atoms with van der Waals surface area (Å²) in [6.45, 7) is 7.20. The first-order chi connectivity index (χ1) is 11.6. The Labute approximate surface area is 163 Å². The van der Waals surface area contributed by atoms with Gasteiger partial charge in [0.05, 0.1) is 0 Å². The topological polar surface area (TPSA) is 3.24 Å².